The number of aryl methyl sites for hydroxylation is 1. The zero-order chi connectivity index (χ0) is 7.56. The number of H-pyrrole nitrogens is 1. The summed E-state index contributed by atoms with van der Waals surface area (Å²) in [7, 11) is 1.84. The molecule has 0 aromatic carbocycles. The van der Waals surface area contributed by atoms with Crippen molar-refractivity contribution in [3.8, 4) is 0 Å². The molecule has 0 amide bonds. The lowest BCUT2D eigenvalue weighted by molar-refractivity contribution is 0.277. The van der Waals surface area contributed by atoms with Crippen molar-refractivity contribution in [1.82, 2.24) is 4.98 Å². The number of aromatic amines is 1. The highest BCUT2D eigenvalue weighted by Crippen LogP contribution is 2.12. The SMILES string of the molecule is CNc1cc(C)c(CO)[nH]1. The fourth-order valence-corrected chi connectivity index (χ4v) is 0.900. The first kappa shape index (κ1) is 7.15. The fraction of sp³-hybridized carbons (Fsp3) is 0.429. The van der Waals surface area contributed by atoms with E-state index in [1.54, 1.807) is 0 Å². The molecule has 0 atom stereocenters. The summed E-state index contributed by atoms with van der Waals surface area (Å²) in [5, 5.41) is 11.7. The third-order valence-corrected chi connectivity index (χ3v) is 1.55. The van der Waals surface area contributed by atoms with Crippen LogP contribution in [0.2, 0.25) is 0 Å². The molecule has 0 spiro atoms. The quantitative estimate of drug-likeness (QED) is 0.570. The van der Waals surface area contributed by atoms with Gasteiger partial charge < -0.3 is 15.4 Å². The molecule has 10 heavy (non-hydrogen) atoms. The van der Waals surface area contributed by atoms with Crippen LogP contribution in [0.4, 0.5) is 5.82 Å². The molecule has 1 heterocycles. The van der Waals surface area contributed by atoms with Gasteiger partial charge in [-0.2, -0.15) is 0 Å². The molecule has 0 fully saturated rings. The number of rotatable bonds is 2. The standard InChI is InChI=1S/C7H12N2O/c1-5-3-7(8-2)9-6(5)4-10/h3,8-10H,4H2,1-2H3. The van der Waals surface area contributed by atoms with E-state index in [1.165, 1.54) is 0 Å². The molecule has 3 N–H and O–H groups in total. The van der Waals surface area contributed by atoms with E-state index in [-0.39, 0.29) is 6.61 Å². The van der Waals surface area contributed by atoms with Gasteiger partial charge in [-0.05, 0) is 18.6 Å². The largest absolute Gasteiger partial charge is 0.390 e. The first-order chi connectivity index (χ1) is 4.77. The zero-order valence-electron chi connectivity index (χ0n) is 6.23. The van der Waals surface area contributed by atoms with Crippen LogP contribution in [0.1, 0.15) is 11.3 Å². The van der Waals surface area contributed by atoms with Crippen LogP contribution < -0.4 is 5.32 Å². The summed E-state index contributed by atoms with van der Waals surface area (Å²) in [6.45, 7) is 2.04. The predicted octanol–water partition coefficient (Wildman–Crippen LogP) is 0.857. The molecule has 0 aliphatic carbocycles. The van der Waals surface area contributed by atoms with Crippen LogP contribution in [0.25, 0.3) is 0 Å². The summed E-state index contributed by atoms with van der Waals surface area (Å²) in [6, 6.07) is 1.96. The number of aliphatic hydroxyl groups excluding tert-OH is 1. The van der Waals surface area contributed by atoms with Gasteiger partial charge in [0.25, 0.3) is 0 Å². The van der Waals surface area contributed by atoms with E-state index in [9.17, 15) is 0 Å². The minimum Gasteiger partial charge on any atom is -0.390 e. The van der Waals surface area contributed by atoms with E-state index in [0.29, 0.717) is 0 Å². The number of hydrogen-bond donors (Lipinski definition) is 3. The van der Waals surface area contributed by atoms with Crippen LogP contribution >= 0.6 is 0 Å². The fourth-order valence-electron chi connectivity index (χ4n) is 0.900. The highest BCUT2D eigenvalue weighted by atomic mass is 16.3. The molecule has 56 valence electrons. The summed E-state index contributed by atoms with van der Waals surface area (Å²) in [5.74, 6) is 0.946. The van der Waals surface area contributed by atoms with Gasteiger partial charge in [0.1, 0.15) is 5.82 Å². The summed E-state index contributed by atoms with van der Waals surface area (Å²) >= 11 is 0. The van der Waals surface area contributed by atoms with Crippen molar-refractivity contribution in [2.45, 2.75) is 13.5 Å². The smallest absolute Gasteiger partial charge is 0.103 e. The first-order valence-corrected chi connectivity index (χ1v) is 3.25. The van der Waals surface area contributed by atoms with Crippen molar-refractivity contribution in [2.24, 2.45) is 0 Å². The minimum atomic E-state index is 0.0769. The lowest BCUT2D eigenvalue weighted by atomic mass is 10.3. The molecule has 1 rings (SSSR count). The second-order valence-corrected chi connectivity index (χ2v) is 2.25. The molecule has 1 aromatic rings. The van der Waals surface area contributed by atoms with E-state index in [2.05, 4.69) is 10.3 Å². The molecular formula is C7H12N2O. The predicted molar refractivity (Wildman–Crippen MR) is 41.0 cm³/mol. The zero-order valence-corrected chi connectivity index (χ0v) is 6.23. The third kappa shape index (κ3) is 1.14. The van der Waals surface area contributed by atoms with Crippen LogP contribution in [0, 0.1) is 6.92 Å². The Morgan fingerprint density at radius 1 is 1.70 bits per heavy atom. The second kappa shape index (κ2) is 2.75. The summed E-state index contributed by atoms with van der Waals surface area (Å²) in [4.78, 5) is 3.02. The Morgan fingerprint density at radius 2 is 2.40 bits per heavy atom. The van der Waals surface area contributed by atoms with Crippen LogP contribution in [0.3, 0.4) is 0 Å². The van der Waals surface area contributed by atoms with E-state index in [1.807, 2.05) is 20.0 Å². The molecule has 0 bridgehead atoms. The molecule has 0 saturated carbocycles. The Morgan fingerprint density at radius 3 is 2.70 bits per heavy atom. The maximum Gasteiger partial charge on any atom is 0.103 e. The normalized spacial score (nSPS) is 9.90. The van der Waals surface area contributed by atoms with Gasteiger partial charge in [-0.15, -0.1) is 0 Å². The van der Waals surface area contributed by atoms with Crippen LogP contribution in [0.15, 0.2) is 6.07 Å². The highest BCUT2D eigenvalue weighted by molar-refractivity contribution is 5.41. The number of nitrogens with one attached hydrogen (secondary N) is 2. The van der Waals surface area contributed by atoms with Crippen LogP contribution in [0.5, 0.6) is 0 Å². The Kier molecular flexibility index (Phi) is 1.97. The number of aromatic nitrogens is 1. The molecule has 0 saturated heterocycles. The van der Waals surface area contributed by atoms with Gasteiger partial charge in [0.05, 0.1) is 6.61 Å². The summed E-state index contributed by atoms with van der Waals surface area (Å²) < 4.78 is 0. The summed E-state index contributed by atoms with van der Waals surface area (Å²) in [6.07, 6.45) is 0. The lowest BCUT2D eigenvalue weighted by Gasteiger charge is -1.92. The lowest BCUT2D eigenvalue weighted by Crippen LogP contribution is -1.88. The molecule has 1 aromatic heterocycles. The Balaban J connectivity index is 2.92. The van der Waals surface area contributed by atoms with Gasteiger partial charge in [-0.3, -0.25) is 0 Å². The molecule has 0 radical (unpaired) electrons. The van der Waals surface area contributed by atoms with E-state index < -0.39 is 0 Å². The topological polar surface area (TPSA) is 48.0 Å². The van der Waals surface area contributed by atoms with Crippen LogP contribution in [-0.2, 0) is 6.61 Å². The molecule has 0 unspecified atom stereocenters. The van der Waals surface area contributed by atoms with Gasteiger partial charge in [-0.25, -0.2) is 0 Å². The number of aliphatic hydroxyl groups is 1. The first-order valence-electron chi connectivity index (χ1n) is 3.25. The van der Waals surface area contributed by atoms with Gasteiger partial charge in [0, 0.05) is 12.7 Å². The van der Waals surface area contributed by atoms with Crippen molar-refractivity contribution in [3.63, 3.8) is 0 Å². The summed E-state index contributed by atoms with van der Waals surface area (Å²) in [5.41, 5.74) is 1.97. The van der Waals surface area contributed by atoms with Crippen molar-refractivity contribution in [1.29, 1.82) is 0 Å². The van der Waals surface area contributed by atoms with Crippen molar-refractivity contribution in [2.75, 3.05) is 12.4 Å². The van der Waals surface area contributed by atoms with Gasteiger partial charge in [0.15, 0.2) is 0 Å². The van der Waals surface area contributed by atoms with Gasteiger partial charge >= 0.3 is 0 Å². The number of hydrogen-bond acceptors (Lipinski definition) is 2. The van der Waals surface area contributed by atoms with Crippen LogP contribution in [-0.4, -0.2) is 17.1 Å². The Labute approximate surface area is 60.1 Å². The molecule has 3 nitrogen and oxygen atoms in total. The molecule has 0 aliphatic rings. The van der Waals surface area contributed by atoms with Crippen molar-refractivity contribution in [3.05, 3.63) is 17.3 Å². The molecular weight excluding hydrogens is 128 g/mol. The highest BCUT2D eigenvalue weighted by Gasteiger charge is 1.99. The van der Waals surface area contributed by atoms with Gasteiger partial charge in [0.2, 0.25) is 0 Å². The maximum atomic E-state index is 8.77. The van der Waals surface area contributed by atoms with Crippen molar-refractivity contribution < 1.29 is 5.11 Å². The maximum absolute atomic E-state index is 8.77. The number of anilines is 1. The van der Waals surface area contributed by atoms with E-state index in [4.69, 9.17) is 5.11 Å². The molecule has 0 aliphatic heterocycles. The van der Waals surface area contributed by atoms with Gasteiger partial charge in [-0.1, -0.05) is 0 Å². The van der Waals surface area contributed by atoms with Crippen molar-refractivity contribution >= 4 is 5.82 Å². The van der Waals surface area contributed by atoms with E-state index >= 15 is 0 Å². The average molecular weight is 140 g/mol. The Bertz CT molecular complexity index is 217. The molecule has 3 heteroatoms. The third-order valence-electron chi connectivity index (χ3n) is 1.55. The Hall–Kier alpha value is -0.960. The minimum absolute atomic E-state index is 0.0769. The second-order valence-electron chi connectivity index (χ2n) is 2.25. The average Bonchev–Trinajstić information content (AvgIpc) is 2.30. The monoisotopic (exact) mass is 140 g/mol. The van der Waals surface area contributed by atoms with E-state index in [0.717, 1.165) is 17.1 Å².